The molecule has 0 saturated heterocycles. The SMILES string of the molecule is CNC(=O)C(Cc1ccccc1)N(Cc1cccc(Br)c1)C(=O)CN(c1ccc(OC)c(Cl)c1)S(=O)(=O)c1ccc(C)cc1. The Hall–Kier alpha value is -3.86. The molecule has 230 valence electrons. The van der Waals surface area contributed by atoms with Crippen LogP contribution in [0.3, 0.4) is 0 Å². The molecule has 1 N–H and O–H groups in total. The van der Waals surface area contributed by atoms with E-state index in [0.29, 0.717) is 5.75 Å². The Labute approximate surface area is 271 Å². The third-order valence-electron chi connectivity index (χ3n) is 7.07. The molecule has 0 fully saturated rings. The summed E-state index contributed by atoms with van der Waals surface area (Å²) in [5, 5.41) is 2.86. The first-order valence-electron chi connectivity index (χ1n) is 13.8. The first-order chi connectivity index (χ1) is 21.0. The fourth-order valence-electron chi connectivity index (χ4n) is 4.73. The van der Waals surface area contributed by atoms with Gasteiger partial charge in [-0.05, 0) is 60.5 Å². The zero-order valence-electron chi connectivity index (χ0n) is 24.5. The number of rotatable bonds is 12. The van der Waals surface area contributed by atoms with Gasteiger partial charge in [-0.25, -0.2) is 8.42 Å². The van der Waals surface area contributed by atoms with Gasteiger partial charge in [-0.3, -0.25) is 13.9 Å². The van der Waals surface area contributed by atoms with Gasteiger partial charge < -0.3 is 15.0 Å². The number of anilines is 1. The van der Waals surface area contributed by atoms with Crippen molar-refractivity contribution in [3.8, 4) is 5.75 Å². The van der Waals surface area contributed by atoms with Crippen LogP contribution in [0.2, 0.25) is 5.02 Å². The molecule has 2 amide bonds. The molecule has 4 aromatic carbocycles. The maximum Gasteiger partial charge on any atom is 0.264 e. The number of amides is 2. The van der Waals surface area contributed by atoms with Gasteiger partial charge in [-0.2, -0.15) is 0 Å². The highest BCUT2D eigenvalue weighted by Gasteiger charge is 2.34. The summed E-state index contributed by atoms with van der Waals surface area (Å²) in [4.78, 5) is 29.2. The third-order valence-corrected chi connectivity index (χ3v) is 9.65. The van der Waals surface area contributed by atoms with Crippen molar-refractivity contribution in [3.63, 3.8) is 0 Å². The molecule has 0 heterocycles. The summed E-state index contributed by atoms with van der Waals surface area (Å²) in [6.45, 7) is 1.33. The van der Waals surface area contributed by atoms with Gasteiger partial charge in [-0.1, -0.05) is 87.7 Å². The Bertz CT molecular complexity index is 1720. The van der Waals surface area contributed by atoms with Crippen molar-refractivity contribution in [3.05, 3.63) is 123 Å². The summed E-state index contributed by atoms with van der Waals surface area (Å²) in [7, 11) is -1.28. The van der Waals surface area contributed by atoms with Crippen molar-refractivity contribution in [2.75, 3.05) is 25.0 Å². The third kappa shape index (κ3) is 7.99. The number of benzene rings is 4. The molecule has 0 saturated carbocycles. The Morgan fingerprint density at radius 3 is 2.23 bits per heavy atom. The number of nitrogens with one attached hydrogen (secondary N) is 1. The monoisotopic (exact) mass is 697 g/mol. The summed E-state index contributed by atoms with van der Waals surface area (Å²) in [5.41, 5.74) is 2.66. The Balaban J connectivity index is 1.81. The number of sulfonamides is 1. The van der Waals surface area contributed by atoms with Crippen LogP contribution in [0.5, 0.6) is 5.75 Å². The zero-order valence-corrected chi connectivity index (χ0v) is 27.7. The molecule has 1 unspecified atom stereocenters. The molecule has 0 aliphatic heterocycles. The fourth-order valence-corrected chi connectivity index (χ4v) is 6.83. The van der Waals surface area contributed by atoms with Crippen LogP contribution < -0.4 is 14.4 Å². The number of aryl methyl sites for hydroxylation is 1. The minimum Gasteiger partial charge on any atom is -0.495 e. The number of halogens is 2. The Morgan fingerprint density at radius 2 is 1.61 bits per heavy atom. The highest BCUT2D eigenvalue weighted by atomic mass is 79.9. The minimum absolute atomic E-state index is 0.00789. The number of carbonyl (C=O) groups is 2. The highest BCUT2D eigenvalue weighted by molar-refractivity contribution is 9.10. The largest absolute Gasteiger partial charge is 0.495 e. The van der Waals surface area contributed by atoms with E-state index in [0.717, 1.165) is 25.5 Å². The van der Waals surface area contributed by atoms with Gasteiger partial charge in [0.25, 0.3) is 10.0 Å². The molecule has 1 atom stereocenters. The summed E-state index contributed by atoms with van der Waals surface area (Å²) >= 11 is 9.89. The van der Waals surface area contributed by atoms with E-state index in [1.807, 2.05) is 61.5 Å². The molecule has 0 radical (unpaired) electrons. The van der Waals surface area contributed by atoms with Crippen LogP contribution >= 0.6 is 27.5 Å². The Morgan fingerprint density at radius 1 is 0.932 bits per heavy atom. The molecule has 11 heteroatoms. The van der Waals surface area contributed by atoms with Crippen LogP contribution in [0.25, 0.3) is 0 Å². The number of hydrogen-bond donors (Lipinski definition) is 1. The number of carbonyl (C=O) groups excluding carboxylic acids is 2. The predicted molar refractivity (Wildman–Crippen MR) is 176 cm³/mol. The summed E-state index contributed by atoms with van der Waals surface area (Å²) in [6.07, 6.45) is 0.222. The van der Waals surface area contributed by atoms with Crippen molar-refractivity contribution in [1.29, 1.82) is 0 Å². The van der Waals surface area contributed by atoms with Crippen molar-refractivity contribution >= 4 is 55.1 Å². The minimum atomic E-state index is -4.25. The number of likely N-dealkylation sites (N-methyl/N-ethyl adjacent to an activating group) is 1. The maximum atomic E-state index is 14.4. The lowest BCUT2D eigenvalue weighted by Crippen LogP contribution is -2.53. The van der Waals surface area contributed by atoms with E-state index in [2.05, 4.69) is 21.2 Å². The van der Waals surface area contributed by atoms with Crippen molar-refractivity contribution in [2.24, 2.45) is 0 Å². The first-order valence-corrected chi connectivity index (χ1v) is 16.4. The van der Waals surface area contributed by atoms with Gasteiger partial charge in [-0.15, -0.1) is 0 Å². The number of methoxy groups -OCH3 is 1. The quantitative estimate of drug-likeness (QED) is 0.196. The van der Waals surface area contributed by atoms with Crippen LogP contribution in [0.4, 0.5) is 5.69 Å². The molecule has 4 rings (SSSR count). The van der Waals surface area contributed by atoms with Crippen LogP contribution in [0, 0.1) is 6.92 Å². The average Bonchev–Trinajstić information content (AvgIpc) is 3.01. The van der Waals surface area contributed by atoms with E-state index in [1.165, 1.54) is 43.3 Å². The molecule has 4 aromatic rings. The Kier molecular flexibility index (Phi) is 11.1. The molecular weight excluding hydrogens is 666 g/mol. The summed E-state index contributed by atoms with van der Waals surface area (Å²) in [5.74, 6) is -0.594. The topological polar surface area (TPSA) is 96.0 Å². The summed E-state index contributed by atoms with van der Waals surface area (Å²) < 4.78 is 35.3. The van der Waals surface area contributed by atoms with E-state index in [1.54, 1.807) is 18.2 Å². The van der Waals surface area contributed by atoms with Crippen molar-refractivity contribution in [2.45, 2.75) is 30.8 Å². The van der Waals surface area contributed by atoms with Gasteiger partial charge in [0, 0.05) is 24.5 Å². The van der Waals surface area contributed by atoms with Gasteiger partial charge in [0.15, 0.2) is 0 Å². The molecular formula is C33H33BrClN3O5S. The van der Waals surface area contributed by atoms with E-state index in [9.17, 15) is 18.0 Å². The number of nitrogens with zero attached hydrogens (tertiary/aromatic N) is 2. The predicted octanol–water partition coefficient (Wildman–Crippen LogP) is 6.00. The second-order valence-electron chi connectivity index (χ2n) is 10.1. The van der Waals surface area contributed by atoms with Crippen LogP contribution in [0.15, 0.2) is 106 Å². The van der Waals surface area contributed by atoms with Crippen molar-refractivity contribution in [1.82, 2.24) is 10.2 Å². The summed E-state index contributed by atoms with van der Waals surface area (Å²) in [6, 6.07) is 26.7. The molecule has 0 aliphatic carbocycles. The molecule has 8 nitrogen and oxygen atoms in total. The lowest BCUT2D eigenvalue weighted by molar-refractivity contribution is -0.139. The smallest absolute Gasteiger partial charge is 0.264 e. The van der Waals surface area contributed by atoms with E-state index < -0.39 is 28.5 Å². The molecule has 0 aliphatic rings. The van der Waals surface area contributed by atoms with Crippen LogP contribution in [-0.2, 0) is 32.6 Å². The van der Waals surface area contributed by atoms with Gasteiger partial charge in [0.05, 0.1) is 22.7 Å². The van der Waals surface area contributed by atoms with Crippen LogP contribution in [0.1, 0.15) is 16.7 Å². The molecule has 0 bridgehead atoms. The van der Waals surface area contributed by atoms with E-state index in [-0.39, 0.29) is 34.5 Å². The van der Waals surface area contributed by atoms with Gasteiger partial charge >= 0.3 is 0 Å². The first kappa shape index (κ1) is 33.0. The normalized spacial score (nSPS) is 11.8. The molecule has 44 heavy (non-hydrogen) atoms. The standard InChI is InChI=1S/C33H33BrClN3O5S/c1-23-12-15-28(16-13-23)44(41,42)38(27-14-17-31(43-3)29(35)20-27)22-32(39)37(21-25-10-7-11-26(34)18-25)30(33(40)36-2)19-24-8-5-4-6-9-24/h4-18,20,30H,19,21-22H2,1-3H3,(H,36,40). The van der Waals surface area contributed by atoms with Gasteiger partial charge in [0.2, 0.25) is 11.8 Å². The number of hydrogen-bond acceptors (Lipinski definition) is 5. The second-order valence-corrected chi connectivity index (χ2v) is 13.3. The fraction of sp³-hybridized carbons (Fsp3) is 0.212. The van der Waals surface area contributed by atoms with Crippen molar-refractivity contribution < 1.29 is 22.7 Å². The molecule has 0 aromatic heterocycles. The highest BCUT2D eigenvalue weighted by Crippen LogP contribution is 2.32. The lowest BCUT2D eigenvalue weighted by Gasteiger charge is -2.33. The maximum absolute atomic E-state index is 14.4. The molecule has 0 spiro atoms. The van der Waals surface area contributed by atoms with Gasteiger partial charge in [0.1, 0.15) is 18.3 Å². The average molecular weight is 699 g/mol. The lowest BCUT2D eigenvalue weighted by atomic mass is 10.0. The second kappa shape index (κ2) is 14.7. The zero-order chi connectivity index (χ0) is 31.9. The van der Waals surface area contributed by atoms with E-state index >= 15 is 0 Å². The van der Waals surface area contributed by atoms with Crippen LogP contribution in [-0.4, -0.2) is 51.9 Å². The number of ether oxygens (including phenoxy) is 1. The van der Waals surface area contributed by atoms with E-state index in [4.69, 9.17) is 16.3 Å².